The second-order valence-corrected chi connectivity index (χ2v) is 4.52. The van der Waals surface area contributed by atoms with Crippen molar-refractivity contribution in [2.75, 3.05) is 6.61 Å². The van der Waals surface area contributed by atoms with Crippen LogP contribution in [0.4, 0.5) is 0 Å². The van der Waals surface area contributed by atoms with E-state index < -0.39 is 0 Å². The lowest BCUT2D eigenvalue weighted by Gasteiger charge is -2.15. The highest BCUT2D eigenvalue weighted by Gasteiger charge is 2.14. The summed E-state index contributed by atoms with van der Waals surface area (Å²) in [5.41, 5.74) is 6.69. The zero-order valence-corrected chi connectivity index (χ0v) is 9.15. The first-order valence-electron chi connectivity index (χ1n) is 4.37. The van der Waals surface area contributed by atoms with Crippen molar-refractivity contribution >= 4 is 11.3 Å². The van der Waals surface area contributed by atoms with E-state index in [1.54, 1.807) is 0 Å². The van der Waals surface area contributed by atoms with E-state index in [-0.39, 0.29) is 5.54 Å². The summed E-state index contributed by atoms with van der Waals surface area (Å²) in [6.07, 6.45) is 0.788. The third-order valence-corrected chi connectivity index (χ3v) is 2.24. The number of rotatable bonds is 4. The summed E-state index contributed by atoms with van der Waals surface area (Å²) < 4.78 is 5.27. The molecule has 0 fully saturated rings. The number of nitrogens with zero attached hydrogens (tertiary/aromatic N) is 1. The van der Waals surface area contributed by atoms with Gasteiger partial charge in [-0.15, -0.1) is 0 Å². The first-order chi connectivity index (χ1) is 6.01. The van der Waals surface area contributed by atoms with Crippen LogP contribution in [-0.2, 0) is 6.42 Å². The average Bonchev–Trinajstić information content (AvgIpc) is 2.33. The van der Waals surface area contributed by atoms with Crippen molar-refractivity contribution in [2.45, 2.75) is 32.7 Å². The van der Waals surface area contributed by atoms with E-state index in [2.05, 4.69) is 4.98 Å². The molecule has 0 aliphatic heterocycles. The fourth-order valence-corrected chi connectivity index (χ4v) is 1.75. The molecule has 0 radical (unpaired) electrons. The summed E-state index contributed by atoms with van der Waals surface area (Å²) >= 11 is 1.53. The van der Waals surface area contributed by atoms with Gasteiger partial charge in [0, 0.05) is 17.3 Å². The number of nitrogens with two attached hydrogens (primary N) is 1. The molecule has 0 amide bonds. The Bertz CT molecular complexity index is 265. The first kappa shape index (κ1) is 10.5. The predicted molar refractivity (Wildman–Crippen MR) is 55.3 cm³/mol. The fraction of sp³-hybridized carbons (Fsp3) is 0.667. The summed E-state index contributed by atoms with van der Waals surface area (Å²) in [7, 11) is 0. The third kappa shape index (κ3) is 3.74. The maximum atomic E-state index is 5.87. The van der Waals surface area contributed by atoms with E-state index in [0.717, 1.165) is 17.3 Å². The van der Waals surface area contributed by atoms with Gasteiger partial charge in [0.2, 0.25) is 0 Å². The quantitative estimate of drug-likeness (QED) is 0.806. The van der Waals surface area contributed by atoms with Crippen LogP contribution < -0.4 is 10.5 Å². The van der Waals surface area contributed by atoms with E-state index in [9.17, 15) is 0 Å². The predicted octanol–water partition coefficient (Wildman–Crippen LogP) is 1.82. The normalized spacial score (nSPS) is 11.7. The molecule has 1 heterocycles. The number of thiazole rings is 1. The lowest BCUT2D eigenvalue weighted by Crippen LogP contribution is -2.34. The summed E-state index contributed by atoms with van der Waals surface area (Å²) in [6, 6.07) is 0. The minimum Gasteiger partial charge on any atom is -0.470 e. The number of aromatic nitrogens is 1. The molecule has 0 saturated heterocycles. The Morgan fingerprint density at radius 3 is 2.85 bits per heavy atom. The molecule has 3 nitrogen and oxygen atoms in total. The molecule has 2 N–H and O–H groups in total. The van der Waals surface area contributed by atoms with Gasteiger partial charge >= 0.3 is 0 Å². The highest BCUT2D eigenvalue weighted by molar-refractivity contribution is 7.11. The van der Waals surface area contributed by atoms with Crippen LogP contribution in [0.3, 0.4) is 0 Å². The number of hydrogen-bond acceptors (Lipinski definition) is 4. The summed E-state index contributed by atoms with van der Waals surface area (Å²) in [4.78, 5) is 4.30. The number of hydrogen-bond donors (Lipinski definition) is 1. The van der Waals surface area contributed by atoms with Crippen LogP contribution in [0.2, 0.25) is 0 Å². The minimum absolute atomic E-state index is 0.197. The Labute approximate surface area is 82.9 Å². The zero-order chi connectivity index (χ0) is 9.90. The van der Waals surface area contributed by atoms with E-state index in [1.807, 2.05) is 26.2 Å². The van der Waals surface area contributed by atoms with Crippen LogP contribution in [0.15, 0.2) is 5.38 Å². The molecule has 0 aliphatic rings. The van der Waals surface area contributed by atoms with Crippen molar-refractivity contribution < 1.29 is 4.74 Å². The summed E-state index contributed by atoms with van der Waals surface area (Å²) in [5.74, 6) is 0. The van der Waals surface area contributed by atoms with Gasteiger partial charge in [0.25, 0.3) is 5.19 Å². The molecule has 1 aromatic rings. The largest absolute Gasteiger partial charge is 0.470 e. The Morgan fingerprint density at radius 2 is 2.31 bits per heavy atom. The molecular formula is C9H16N2OS. The highest BCUT2D eigenvalue weighted by Crippen LogP contribution is 2.20. The molecule has 0 aliphatic carbocycles. The van der Waals surface area contributed by atoms with Gasteiger partial charge in [0.05, 0.1) is 12.3 Å². The van der Waals surface area contributed by atoms with Crippen LogP contribution in [0.25, 0.3) is 0 Å². The Balaban J connectivity index is 2.59. The van der Waals surface area contributed by atoms with Crippen LogP contribution in [0, 0.1) is 0 Å². The molecule has 0 unspecified atom stereocenters. The molecule has 4 heteroatoms. The Morgan fingerprint density at radius 1 is 1.62 bits per heavy atom. The molecule has 13 heavy (non-hydrogen) atoms. The van der Waals surface area contributed by atoms with Gasteiger partial charge < -0.3 is 10.5 Å². The summed E-state index contributed by atoms with van der Waals surface area (Å²) in [6.45, 7) is 6.60. The standard InChI is InChI=1S/C9H16N2OS/c1-4-12-8-11-7(6-13-8)5-9(2,3)10/h6H,4-5,10H2,1-3H3. The third-order valence-electron chi connectivity index (χ3n) is 1.44. The average molecular weight is 200 g/mol. The number of ether oxygens (including phenoxy) is 1. The molecule has 0 aromatic carbocycles. The Hall–Kier alpha value is -0.610. The molecule has 0 bridgehead atoms. The van der Waals surface area contributed by atoms with Gasteiger partial charge in [-0.25, -0.2) is 4.98 Å². The minimum atomic E-state index is -0.197. The smallest absolute Gasteiger partial charge is 0.273 e. The SMILES string of the molecule is CCOc1nc(CC(C)(C)N)cs1. The van der Waals surface area contributed by atoms with E-state index >= 15 is 0 Å². The Kier molecular flexibility index (Phi) is 3.27. The molecule has 1 rings (SSSR count). The second-order valence-electron chi connectivity index (χ2n) is 3.70. The van der Waals surface area contributed by atoms with Crippen molar-refractivity contribution in [2.24, 2.45) is 5.73 Å². The van der Waals surface area contributed by atoms with E-state index in [0.29, 0.717) is 6.61 Å². The van der Waals surface area contributed by atoms with Crippen LogP contribution >= 0.6 is 11.3 Å². The van der Waals surface area contributed by atoms with Crippen molar-refractivity contribution in [3.8, 4) is 5.19 Å². The van der Waals surface area contributed by atoms with E-state index in [4.69, 9.17) is 10.5 Å². The second kappa shape index (κ2) is 4.07. The lowest BCUT2D eigenvalue weighted by atomic mass is 10.0. The highest BCUT2D eigenvalue weighted by atomic mass is 32.1. The molecule has 0 spiro atoms. The van der Waals surface area contributed by atoms with Crippen molar-refractivity contribution in [1.29, 1.82) is 0 Å². The monoisotopic (exact) mass is 200 g/mol. The maximum absolute atomic E-state index is 5.87. The molecular weight excluding hydrogens is 184 g/mol. The topological polar surface area (TPSA) is 48.1 Å². The maximum Gasteiger partial charge on any atom is 0.273 e. The summed E-state index contributed by atoms with van der Waals surface area (Å²) in [5, 5.41) is 2.74. The van der Waals surface area contributed by atoms with Crippen LogP contribution in [-0.4, -0.2) is 17.1 Å². The van der Waals surface area contributed by atoms with Crippen LogP contribution in [0.1, 0.15) is 26.5 Å². The van der Waals surface area contributed by atoms with Gasteiger partial charge in [-0.3, -0.25) is 0 Å². The van der Waals surface area contributed by atoms with Gasteiger partial charge in [0.1, 0.15) is 0 Å². The van der Waals surface area contributed by atoms with Crippen LogP contribution in [0.5, 0.6) is 5.19 Å². The molecule has 74 valence electrons. The van der Waals surface area contributed by atoms with Gasteiger partial charge in [0.15, 0.2) is 0 Å². The van der Waals surface area contributed by atoms with Crippen molar-refractivity contribution in [1.82, 2.24) is 4.98 Å². The lowest BCUT2D eigenvalue weighted by molar-refractivity contribution is 0.337. The molecule has 1 aromatic heterocycles. The van der Waals surface area contributed by atoms with Crippen molar-refractivity contribution in [3.05, 3.63) is 11.1 Å². The van der Waals surface area contributed by atoms with Gasteiger partial charge in [-0.05, 0) is 20.8 Å². The zero-order valence-electron chi connectivity index (χ0n) is 8.33. The van der Waals surface area contributed by atoms with Gasteiger partial charge in [-0.1, -0.05) is 11.3 Å². The van der Waals surface area contributed by atoms with E-state index in [1.165, 1.54) is 11.3 Å². The van der Waals surface area contributed by atoms with Crippen molar-refractivity contribution in [3.63, 3.8) is 0 Å². The molecule has 0 saturated carbocycles. The van der Waals surface area contributed by atoms with Gasteiger partial charge in [-0.2, -0.15) is 0 Å². The first-order valence-corrected chi connectivity index (χ1v) is 5.25. The molecule has 0 atom stereocenters. The fourth-order valence-electron chi connectivity index (χ4n) is 1.03.